The van der Waals surface area contributed by atoms with Crippen molar-refractivity contribution in [2.24, 2.45) is 5.73 Å². The quantitative estimate of drug-likeness (QED) is 0.881. The molecule has 1 aromatic rings. The maximum atomic E-state index is 12.2. The van der Waals surface area contributed by atoms with Gasteiger partial charge < -0.3 is 16.0 Å². The van der Waals surface area contributed by atoms with E-state index in [9.17, 15) is 22.8 Å². The van der Waals surface area contributed by atoms with E-state index in [1.165, 1.54) is 6.07 Å². The Morgan fingerprint density at radius 3 is 2.48 bits per heavy atom. The second-order valence-corrected chi connectivity index (χ2v) is 4.11. The summed E-state index contributed by atoms with van der Waals surface area (Å²) in [7, 11) is 1.06. The van der Waals surface area contributed by atoms with Crippen LogP contribution in [0.4, 0.5) is 18.9 Å². The van der Waals surface area contributed by atoms with Crippen molar-refractivity contribution in [1.82, 2.24) is 4.90 Å². The molecule has 0 saturated carbocycles. The van der Waals surface area contributed by atoms with Gasteiger partial charge in [-0.3, -0.25) is 9.59 Å². The van der Waals surface area contributed by atoms with E-state index >= 15 is 0 Å². The van der Waals surface area contributed by atoms with Crippen molar-refractivity contribution in [3.8, 4) is 0 Å². The molecule has 2 amide bonds. The lowest BCUT2D eigenvalue weighted by Gasteiger charge is -2.19. The SMILES string of the molecule is CN(Cc1cccc(NC(=O)CN)c1)C(=O)C(F)(F)F.Cl. The van der Waals surface area contributed by atoms with Gasteiger partial charge in [0, 0.05) is 19.3 Å². The molecule has 1 aromatic carbocycles. The van der Waals surface area contributed by atoms with E-state index in [-0.39, 0.29) is 25.5 Å². The van der Waals surface area contributed by atoms with E-state index in [0.717, 1.165) is 7.05 Å². The number of nitrogens with one attached hydrogen (secondary N) is 1. The van der Waals surface area contributed by atoms with Crippen LogP contribution in [0.5, 0.6) is 0 Å². The van der Waals surface area contributed by atoms with Gasteiger partial charge in [-0.05, 0) is 17.7 Å². The highest BCUT2D eigenvalue weighted by molar-refractivity contribution is 5.92. The van der Waals surface area contributed by atoms with Crippen molar-refractivity contribution in [2.45, 2.75) is 12.7 Å². The van der Waals surface area contributed by atoms with Crippen molar-refractivity contribution in [2.75, 3.05) is 18.9 Å². The third-order valence-corrected chi connectivity index (χ3v) is 2.41. The van der Waals surface area contributed by atoms with E-state index in [4.69, 9.17) is 5.73 Å². The van der Waals surface area contributed by atoms with Crippen LogP contribution in [0.3, 0.4) is 0 Å². The first-order valence-corrected chi connectivity index (χ1v) is 5.65. The summed E-state index contributed by atoms with van der Waals surface area (Å²) in [6, 6.07) is 6.17. The summed E-state index contributed by atoms with van der Waals surface area (Å²) in [6.07, 6.45) is -4.90. The number of carbonyl (C=O) groups excluding carboxylic acids is 2. The molecule has 0 heterocycles. The Bertz CT molecular complexity index is 509. The summed E-state index contributed by atoms with van der Waals surface area (Å²) in [5.74, 6) is -2.34. The standard InChI is InChI=1S/C12H14F3N3O2.ClH/c1-18(11(20)12(13,14)15)7-8-3-2-4-9(5-8)17-10(19)6-16;/h2-5H,6-7,16H2,1H3,(H,17,19);1H. The molecule has 21 heavy (non-hydrogen) atoms. The molecule has 118 valence electrons. The number of rotatable bonds is 4. The Kier molecular flexibility index (Phi) is 7.17. The molecular weight excluding hydrogens is 311 g/mol. The third-order valence-electron chi connectivity index (χ3n) is 2.41. The van der Waals surface area contributed by atoms with E-state index in [1.807, 2.05) is 0 Å². The van der Waals surface area contributed by atoms with E-state index in [0.29, 0.717) is 16.2 Å². The second-order valence-electron chi connectivity index (χ2n) is 4.11. The average molecular weight is 326 g/mol. The maximum absolute atomic E-state index is 12.2. The molecule has 0 aromatic heterocycles. The number of anilines is 1. The number of benzene rings is 1. The van der Waals surface area contributed by atoms with Gasteiger partial charge in [0.15, 0.2) is 0 Å². The predicted molar refractivity (Wildman–Crippen MR) is 73.9 cm³/mol. The van der Waals surface area contributed by atoms with E-state index in [1.54, 1.807) is 18.2 Å². The van der Waals surface area contributed by atoms with Gasteiger partial charge in [-0.15, -0.1) is 12.4 Å². The minimum Gasteiger partial charge on any atom is -0.334 e. The molecule has 0 aliphatic heterocycles. The Morgan fingerprint density at radius 1 is 1.33 bits per heavy atom. The van der Waals surface area contributed by atoms with Crippen LogP contribution < -0.4 is 11.1 Å². The van der Waals surface area contributed by atoms with Gasteiger partial charge in [-0.2, -0.15) is 13.2 Å². The van der Waals surface area contributed by atoms with Gasteiger partial charge in [0.05, 0.1) is 6.54 Å². The van der Waals surface area contributed by atoms with Crippen LogP contribution in [-0.4, -0.2) is 36.5 Å². The summed E-state index contributed by atoms with van der Waals surface area (Å²) in [5.41, 5.74) is 6.00. The monoisotopic (exact) mass is 325 g/mol. The van der Waals surface area contributed by atoms with Crippen LogP contribution in [0.2, 0.25) is 0 Å². The second kappa shape index (κ2) is 7.84. The van der Waals surface area contributed by atoms with Crippen molar-refractivity contribution in [3.63, 3.8) is 0 Å². The lowest BCUT2D eigenvalue weighted by molar-refractivity contribution is -0.184. The highest BCUT2D eigenvalue weighted by Gasteiger charge is 2.41. The highest BCUT2D eigenvalue weighted by Crippen LogP contribution is 2.19. The van der Waals surface area contributed by atoms with Crippen molar-refractivity contribution < 1.29 is 22.8 Å². The van der Waals surface area contributed by atoms with Crippen LogP contribution in [0, 0.1) is 0 Å². The minimum atomic E-state index is -4.90. The molecule has 9 heteroatoms. The first kappa shape index (κ1) is 19.2. The molecule has 1 rings (SSSR count). The van der Waals surface area contributed by atoms with Gasteiger partial charge in [-0.1, -0.05) is 12.1 Å². The van der Waals surface area contributed by atoms with Crippen LogP contribution in [-0.2, 0) is 16.1 Å². The van der Waals surface area contributed by atoms with Crippen LogP contribution in [0.1, 0.15) is 5.56 Å². The molecule has 0 aliphatic carbocycles. The fourth-order valence-electron chi connectivity index (χ4n) is 1.52. The topological polar surface area (TPSA) is 75.4 Å². The average Bonchev–Trinajstić information content (AvgIpc) is 2.36. The fraction of sp³-hybridized carbons (Fsp3) is 0.333. The lowest BCUT2D eigenvalue weighted by atomic mass is 10.2. The molecule has 5 nitrogen and oxygen atoms in total. The zero-order valence-electron chi connectivity index (χ0n) is 11.1. The highest BCUT2D eigenvalue weighted by atomic mass is 35.5. The number of hydrogen-bond acceptors (Lipinski definition) is 3. The molecule has 0 atom stereocenters. The number of nitrogens with two attached hydrogens (primary N) is 1. The van der Waals surface area contributed by atoms with Crippen molar-refractivity contribution in [1.29, 1.82) is 0 Å². The molecule has 0 fully saturated rings. The molecule has 0 radical (unpaired) electrons. The zero-order valence-corrected chi connectivity index (χ0v) is 11.9. The summed E-state index contributed by atoms with van der Waals surface area (Å²) < 4.78 is 36.7. The number of alkyl halides is 3. The van der Waals surface area contributed by atoms with Crippen LogP contribution in [0.15, 0.2) is 24.3 Å². The normalized spacial score (nSPS) is 10.5. The largest absolute Gasteiger partial charge is 0.471 e. The number of nitrogens with zero attached hydrogens (tertiary/aromatic N) is 1. The number of hydrogen-bond donors (Lipinski definition) is 2. The third kappa shape index (κ3) is 6.01. The maximum Gasteiger partial charge on any atom is 0.471 e. The molecule has 0 saturated heterocycles. The number of carbonyl (C=O) groups is 2. The molecule has 0 unspecified atom stereocenters. The zero-order chi connectivity index (χ0) is 15.3. The molecular formula is C12H15ClF3N3O2. The van der Waals surface area contributed by atoms with Crippen LogP contribution in [0.25, 0.3) is 0 Å². The summed E-state index contributed by atoms with van der Waals surface area (Å²) in [5, 5.41) is 2.48. The van der Waals surface area contributed by atoms with Gasteiger partial charge in [0.1, 0.15) is 0 Å². The fourth-order valence-corrected chi connectivity index (χ4v) is 1.52. The summed E-state index contributed by atoms with van der Waals surface area (Å²) in [6.45, 7) is -0.415. The Morgan fingerprint density at radius 2 is 1.95 bits per heavy atom. The summed E-state index contributed by atoms with van der Waals surface area (Å²) >= 11 is 0. The van der Waals surface area contributed by atoms with E-state index in [2.05, 4.69) is 5.32 Å². The first-order valence-electron chi connectivity index (χ1n) is 5.65. The summed E-state index contributed by atoms with van der Waals surface area (Å²) in [4.78, 5) is 22.7. The van der Waals surface area contributed by atoms with Gasteiger partial charge in [-0.25, -0.2) is 0 Å². The smallest absolute Gasteiger partial charge is 0.334 e. The van der Waals surface area contributed by atoms with Crippen molar-refractivity contribution >= 4 is 29.9 Å². The van der Waals surface area contributed by atoms with Gasteiger partial charge in [0.25, 0.3) is 0 Å². The molecule has 0 bridgehead atoms. The predicted octanol–water partition coefficient (Wildman–Crippen LogP) is 1.53. The Hall–Kier alpha value is -1.80. The van der Waals surface area contributed by atoms with Crippen LogP contribution >= 0.6 is 12.4 Å². The lowest BCUT2D eigenvalue weighted by Crippen LogP contribution is -2.37. The Balaban J connectivity index is 0.00000400. The molecule has 0 aliphatic rings. The Labute approximate surface area is 125 Å². The minimum absolute atomic E-state index is 0. The van der Waals surface area contributed by atoms with Crippen molar-refractivity contribution in [3.05, 3.63) is 29.8 Å². The first-order chi connectivity index (χ1) is 9.24. The van der Waals surface area contributed by atoms with Gasteiger partial charge in [0.2, 0.25) is 5.91 Å². The number of halogens is 4. The molecule has 0 spiro atoms. The molecule has 3 N–H and O–H groups in total. The van der Waals surface area contributed by atoms with E-state index < -0.39 is 18.0 Å². The van der Waals surface area contributed by atoms with Gasteiger partial charge >= 0.3 is 12.1 Å². The number of amides is 2.